The van der Waals surface area contributed by atoms with E-state index in [0.29, 0.717) is 0 Å². The molecule has 1 atom stereocenters. The molecule has 0 radical (unpaired) electrons. The molecule has 0 spiro atoms. The first kappa shape index (κ1) is 53.4. The Bertz CT molecular complexity index is 669. The molecule has 0 saturated carbocycles. The summed E-state index contributed by atoms with van der Waals surface area (Å²) in [5.74, 6) is 2.58. The third-order valence-electron chi connectivity index (χ3n) is 12.7. The van der Waals surface area contributed by atoms with Crippen LogP contribution in [-0.2, 0) is 0 Å². The normalized spacial score (nSPS) is 13.0. The molecule has 320 valence electrons. The molecular weight excluding hydrogens is 656 g/mol. The van der Waals surface area contributed by atoms with Gasteiger partial charge in [0.25, 0.3) is 0 Å². The molecule has 0 N–H and O–H groups in total. The van der Waals surface area contributed by atoms with E-state index in [1.807, 2.05) is 0 Å². The van der Waals surface area contributed by atoms with Gasteiger partial charge in [0.2, 0.25) is 0 Å². The molecule has 0 nitrogen and oxygen atoms in total. The van der Waals surface area contributed by atoms with Crippen molar-refractivity contribution in [2.45, 2.75) is 299 Å². The van der Waals surface area contributed by atoms with Gasteiger partial charge in [-0.05, 0) is 43.4 Å². The van der Waals surface area contributed by atoms with Gasteiger partial charge in [-0.15, -0.1) is 0 Å². The van der Waals surface area contributed by atoms with Crippen molar-refractivity contribution in [3.8, 4) is 0 Å². The first-order valence-corrected chi connectivity index (χ1v) is 28.1. The van der Waals surface area contributed by atoms with E-state index in [0.717, 1.165) is 23.4 Å². The average Bonchev–Trinajstić information content (AvgIpc) is 3.11. The van der Waals surface area contributed by atoms with E-state index >= 15 is 0 Å². The van der Waals surface area contributed by atoms with Gasteiger partial charge in [-0.2, -0.15) is 0 Å². The predicted molar refractivity (Wildman–Crippen MR) is 252 cm³/mol. The fourth-order valence-corrected chi connectivity index (χ4v) is 17.1. The minimum absolute atomic E-state index is 0.860. The van der Waals surface area contributed by atoms with Crippen LogP contribution in [0.2, 0.25) is 0 Å². The molecule has 0 aliphatic rings. The lowest BCUT2D eigenvalue weighted by Crippen LogP contribution is -2.30. The van der Waals surface area contributed by atoms with Crippen LogP contribution >= 0.6 is 7.26 Å². The van der Waals surface area contributed by atoms with Gasteiger partial charge in [0.1, 0.15) is 0 Å². The van der Waals surface area contributed by atoms with Crippen molar-refractivity contribution >= 4 is 7.26 Å². The van der Waals surface area contributed by atoms with E-state index in [-0.39, 0.29) is 0 Å². The SMILES string of the molecule is CCCCCCCCCCCCCCCCCCCCC(C(C)C)[P+](CCCCCCCCCCCCCCCCCCCC)(CC(C)C)CC(C)C. The topological polar surface area (TPSA) is 0 Å². The summed E-state index contributed by atoms with van der Waals surface area (Å²) in [7, 11) is -0.959. The third kappa shape index (κ3) is 35.3. The number of hydrogen-bond donors (Lipinski definition) is 0. The Morgan fingerprint density at radius 3 is 0.736 bits per heavy atom. The zero-order chi connectivity index (χ0) is 39.1. The maximum Gasteiger partial charge on any atom is 0.0720 e. The Labute approximate surface area is 340 Å². The van der Waals surface area contributed by atoms with Crippen LogP contribution in [0.25, 0.3) is 0 Å². The molecule has 0 amide bonds. The van der Waals surface area contributed by atoms with Crippen LogP contribution in [0.4, 0.5) is 0 Å². The second-order valence-corrected chi connectivity index (χ2v) is 24.0. The van der Waals surface area contributed by atoms with Crippen LogP contribution in [0.15, 0.2) is 0 Å². The summed E-state index contributed by atoms with van der Waals surface area (Å²) in [4.78, 5) is 0. The van der Waals surface area contributed by atoms with E-state index in [9.17, 15) is 0 Å². The van der Waals surface area contributed by atoms with Gasteiger partial charge in [-0.1, -0.05) is 267 Å². The van der Waals surface area contributed by atoms with Crippen molar-refractivity contribution in [2.75, 3.05) is 18.5 Å². The van der Waals surface area contributed by atoms with E-state index < -0.39 is 7.26 Å². The van der Waals surface area contributed by atoms with Crippen molar-refractivity contribution in [3.63, 3.8) is 0 Å². The summed E-state index contributed by atoms with van der Waals surface area (Å²) in [6, 6.07) is 0. The molecule has 0 aromatic carbocycles. The lowest BCUT2D eigenvalue weighted by molar-refractivity contribution is 0.498. The summed E-state index contributed by atoms with van der Waals surface area (Å²) in [5, 5.41) is 0. The maximum atomic E-state index is 2.60. The average molecular weight is 764 g/mol. The summed E-state index contributed by atoms with van der Waals surface area (Å²) in [5.41, 5.74) is 1.01. The highest BCUT2D eigenvalue weighted by Crippen LogP contribution is 2.68. The molecule has 0 saturated heterocycles. The van der Waals surface area contributed by atoms with Crippen molar-refractivity contribution < 1.29 is 0 Å². The van der Waals surface area contributed by atoms with E-state index in [2.05, 4.69) is 55.4 Å². The fraction of sp³-hybridized carbons (Fsp3) is 1.00. The summed E-state index contributed by atoms with van der Waals surface area (Å²) >= 11 is 0. The van der Waals surface area contributed by atoms with Crippen LogP contribution in [0.5, 0.6) is 0 Å². The molecular formula is C52H108P+. The van der Waals surface area contributed by atoms with E-state index in [1.165, 1.54) is 238 Å². The van der Waals surface area contributed by atoms with Crippen molar-refractivity contribution in [3.05, 3.63) is 0 Å². The molecule has 0 aromatic heterocycles. The summed E-state index contributed by atoms with van der Waals surface area (Å²) in [6.45, 7) is 20.0. The van der Waals surface area contributed by atoms with Crippen LogP contribution in [0.3, 0.4) is 0 Å². The molecule has 0 aliphatic heterocycles. The number of unbranched alkanes of at least 4 members (excludes halogenated alkanes) is 34. The van der Waals surface area contributed by atoms with Gasteiger partial charge in [0.15, 0.2) is 0 Å². The monoisotopic (exact) mass is 764 g/mol. The van der Waals surface area contributed by atoms with Gasteiger partial charge in [0.05, 0.1) is 24.1 Å². The lowest BCUT2D eigenvalue weighted by Gasteiger charge is -2.40. The molecule has 0 fully saturated rings. The Morgan fingerprint density at radius 1 is 0.283 bits per heavy atom. The van der Waals surface area contributed by atoms with Crippen LogP contribution in [-0.4, -0.2) is 24.1 Å². The summed E-state index contributed by atoms with van der Waals surface area (Å²) < 4.78 is 0. The van der Waals surface area contributed by atoms with E-state index in [1.54, 1.807) is 18.5 Å². The first-order chi connectivity index (χ1) is 25.8. The third-order valence-corrected chi connectivity index (χ3v) is 19.1. The largest absolute Gasteiger partial charge is 0.0720 e. The molecule has 0 heterocycles. The highest BCUT2D eigenvalue weighted by Gasteiger charge is 2.46. The van der Waals surface area contributed by atoms with Gasteiger partial charge >= 0.3 is 0 Å². The first-order valence-electron chi connectivity index (χ1n) is 25.6. The Kier molecular flexibility index (Phi) is 40.9. The molecule has 0 aliphatic carbocycles. The minimum atomic E-state index is -0.959. The highest BCUT2D eigenvalue weighted by atomic mass is 31.2. The Morgan fingerprint density at radius 2 is 0.509 bits per heavy atom. The van der Waals surface area contributed by atoms with Gasteiger partial charge in [-0.3, -0.25) is 0 Å². The molecule has 0 bridgehead atoms. The Hall–Kier alpha value is 0.430. The van der Waals surface area contributed by atoms with Crippen molar-refractivity contribution in [1.29, 1.82) is 0 Å². The maximum absolute atomic E-state index is 2.60. The second kappa shape index (κ2) is 40.6. The smallest absolute Gasteiger partial charge is 0.0654 e. The fourth-order valence-electron chi connectivity index (χ4n) is 9.97. The lowest BCUT2D eigenvalue weighted by atomic mass is 10.0. The highest BCUT2D eigenvalue weighted by molar-refractivity contribution is 7.76. The van der Waals surface area contributed by atoms with Gasteiger partial charge < -0.3 is 0 Å². The molecule has 1 heteroatoms. The molecule has 0 rings (SSSR count). The number of hydrogen-bond acceptors (Lipinski definition) is 0. The Balaban J connectivity index is 4.24. The van der Waals surface area contributed by atoms with Crippen molar-refractivity contribution in [2.24, 2.45) is 17.8 Å². The minimum Gasteiger partial charge on any atom is -0.0654 e. The van der Waals surface area contributed by atoms with Gasteiger partial charge in [-0.25, -0.2) is 0 Å². The molecule has 0 aromatic rings. The molecule has 53 heavy (non-hydrogen) atoms. The zero-order valence-electron chi connectivity index (χ0n) is 39.0. The van der Waals surface area contributed by atoms with Crippen LogP contribution in [0, 0.1) is 17.8 Å². The quantitative estimate of drug-likeness (QED) is 0.0428. The molecule has 1 unspecified atom stereocenters. The zero-order valence-corrected chi connectivity index (χ0v) is 39.9. The summed E-state index contributed by atoms with van der Waals surface area (Å²) in [6.07, 6.45) is 59.5. The van der Waals surface area contributed by atoms with Crippen LogP contribution < -0.4 is 0 Å². The van der Waals surface area contributed by atoms with E-state index in [4.69, 9.17) is 0 Å². The standard InChI is InChI=1S/C52H108P/c1-9-11-13-15-17-19-21-23-25-27-29-31-33-35-37-39-41-43-45-52(51(7)8)53(47-49(3)4,48-50(5)6)46-44-42-40-38-36-34-32-30-28-26-24-22-20-18-16-14-12-10-2/h49-52H,9-48H2,1-8H3/q+1. The second-order valence-electron chi connectivity index (χ2n) is 19.7. The number of rotatable bonds is 44. The van der Waals surface area contributed by atoms with Gasteiger partial charge in [0, 0.05) is 7.26 Å². The predicted octanol–water partition coefficient (Wildman–Crippen LogP) is 19.8. The van der Waals surface area contributed by atoms with Crippen LogP contribution in [0.1, 0.15) is 293 Å². The van der Waals surface area contributed by atoms with Crippen molar-refractivity contribution in [1.82, 2.24) is 0 Å².